The summed E-state index contributed by atoms with van der Waals surface area (Å²) < 4.78 is 5.07. The molecule has 8 heteroatoms. The van der Waals surface area contributed by atoms with E-state index in [1.807, 2.05) is 72.3 Å². The second-order valence-corrected chi connectivity index (χ2v) is 9.46. The van der Waals surface area contributed by atoms with Crippen molar-refractivity contribution in [3.8, 4) is 11.4 Å². The highest BCUT2D eigenvalue weighted by Crippen LogP contribution is 2.28. The number of nitrogens with zero attached hydrogens (tertiary/aromatic N) is 5. The molecule has 37 heavy (non-hydrogen) atoms. The maximum atomic E-state index is 13.6. The minimum atomic E-state index is -0.281. The fraction of sp³-hybridized carbons (Fsp3) is 0.241. The number of rotatable bonds is 8. The highest BCUT2D eigenvalue weighted by molar-refractivity contribution is 5.92. The molecule has 8 nitrogen and oxygen atoms in total. The smallest absolute Gasteiger partial charge is 0.331 e. The summed E-state index contributed by atoms with van der Waals surface area (Å²) in [5, 5.41) is 3.97. The number of hydrogen-bond donors (Lipinski definition) is 1. The standard InChI is InChI=1S/C29H30N6O2/c1-4-34-28(36)25-24(35(29(34)37)17-20(2)3)19-33(27(25)32-23-9-6-5-7-10-23)18-21-11-13-22(14-12-21)26-30-15-8-16-31-26/h5-16,19-20,32H,4,17-18H2,1-3H3. The lowest BCUT2D eigenvalue weighted by Crippen LogP contribution is -2.40. The van der Waals surface area contributed by atoms with E-state index >= 15 is 0 Å². The number of fused-ring (bicyclic) bond motifs is 1. The van der Waals surface area contributed by atoms with E-state index in [4.69, 9.17) is 0 Å². The van der Waals surface area contributed by atoms with E-state index in [-0.39, 0.29) is 17.2 Å². The Bertz CT molecular complexity index is 1630. The third-order valence-corrected chi connectivity index (χ3v) is 6.30. The first-order chi connectivity index (χ1) is 18.0. The number of nitrogens with one attached hydrogen (secondary N) is 1. The fourth-order valence-corrected chi connectivity index (χ4v) is 4.57. The van der Waals surface area contributed by atoms with Gasteiger partial charge in [0.05, 0.1) is 5.52 Å². The fourth-order valence-electron chi connectivity index (χ4n) is 4.57. The van der Waals surface area contributed by atoms with Crippen molar-refractivity contribution >= 4 is 22.4 Å². The summed E-state index contributed by atoms with van der Waals surface area (Å²) in [5.41, 5.74) is 2.93. The van der Waals surface area contributed by atoms with Crippen molar-refractivity contribution in [1.82, 2.24) is 23.7 Å². The number of anilines is 2. The highest BCUT2D eigenvalue weighted by atomic mass is 16.2. The maximum Gasteiger partial charge on any atom is 0.331 e. The van der Waals surface area contributed by atoms with Crippen molar-refractivity contribution in [1.29, 1.82) is 0 Å². The number of para-hydroxylation sites is 1. The average molecular weight is 495 g/mol. The van der Waals surface area contributed by atoms with E-state index in [2.05, 4.69) is 29.1 Å². The van der Waals surface area contributed by atoms with Crippen LogP contribution in [-0.2, 0) is 19.6 Å². The molecule has 0 spiro atoms. The SMILES string of the molecule is CCn1c(=O)c2c(Nc3ccccc3)n(Cc3ccc(-c4ncccn4)cc3)cc2n(CC(C)C)c1=O. The van der Waals surface area contributed by atoms with Gasteiger partial charge in [0.1, 0.15) is 11.2 Å². The predicted octanol–water partition coefficient (Wildman–Crippen LogP) is 4.89. The summed E-state index contributed by atoms with van der Waals surface area (Å²) in [6, 6.07) is 19.6. The molecule has 5 aromatic rings. The summed E-state index contributed by atoms with van der Waals surface area (Å²) in [6.07, 6.45) is 5.37. The van der Waals surface area contributed by atoms with Crippen LogP contribution in [0.4, 0.5) is 11.5 Å². The van der Waals surface area contributed by atoms with E-state index < -0.39 is 0 Å². The molecule has 0 amide bonds. The van der Waals surface area contributed by atoms with Gasteiger partial charge in [-0.05, 0) is 36.6 Å². The topological polar surface area (TPSA) is 86.7 Å². The molecule has 3 aromatic heterocycles. The second-order valence-electron chi connectivity index (χ2n) is 9.46. The molecule has 0 radical (unpaired) electrons. The van der Waals surface area contributed by atoms with Crippen molar-refractivity contribution in [3.05, 3.63) is 106 Å². The van der Waals surface area contributed by atoms with Crippen LogP contribution < -0.4 is 16.6 Å². The van der Waals surface area contributed by atoms with Gasteiger partial charge in [-0.3, -0.25) is 13.9 Å². The van der Waals surface area contributed by atoms with Gasteiger partial charge in [0.15, 0.2) is 5.82 Å². The largest absolute Gasteiger partial charge is 0.341 e. The van der Waals surface area contributed by atoms with Gasteiger partial charge < -0.3 is 9.88 Å². The molecule has 0 bridgehead atoms. The first kappa shape index (κ1) is 24.2. The van der Waals surface area contributed by atoms with Crippen molar-refractivity contribution in [2.45, 2.75) is 40.4 Å². The summed E-state index contributed by atoms with van der Waals surface area (Å²) in [5.74, 6) is 1.58. The Labute approximate surface area is 214 Å². The monoisotopic (exact) mass is 494 g/mol. The first-order valence-corrected chi connectivity index (χ1v) is 12.5. The minimum Gasteiger partial charge on any atom is -0.341 e. The zero-order chi connectivity index (χ0) is 25.9. The first-order valence-electron chi connectivity index (χ1n) is 12.5. The molecular weight excluding hydrogens is 464 g/mol. The van der Waals surface area contributed by atoms with Crippen LogP contribution in [0.1, 0.15) is 26.3 Å². The molecule has 5 rings (SSSR count). The van der Waals surface area contributed by atoms with Crippen molar-refractivity contribution in [3.63, 3.8) is 0 Å². The van der Waals surface area contributed by atoms with Gasteiger partial charge in [0, 0.05) is 49.5 Å². The number of benzene rings is 2. The van der Waals surface area contributed by atoms with Gasteiger partial charge in [-0.1, -0.05) is 56.3 Å². The van der Waals surface area contributed by atoms with E-state index in [0.717, 1.165) is 16.8 Å². The molecule has 0 aliphatic rings. The quantitative estimate of drug-likeness (QED) is 0.332. The molecule has 0 aliphatic carbocycles. The number of aromatic nitrogens is 5. The normalized spacial score (nSPS) is 11.4. The molecular formula is C29H30N6O2. The van der Waals surface area contributed by atoms with Gasteiger partial charge in [-0.15, -0.1) is 0 Å². The molecule has 188 valence electrons. The van der Waals surface area contributed by atoms with Crippen LogP contribution in [0.2, 0.25) is 0 Å². The van der Waals surface area contributed by atoms with Gasteiger partial charge in [-0.2, -0.15) is 0 Å². The van der Waals surface area contributed by atoms with Gasteiger partial charge in [-0.25, -0.2) is 14.8 Å². The van der Waals surface area contributed by atoms with E-state index in [1.54, 1.807) is 23.0 Å². The van der Waals surface area contributed by atoms with Crippen LogP contribution in [0.3, 0.4) is 0 Å². The van der Waals surface area contributed by atoms with E-state index in [0.29, 0.717) is 42.2 Å². The summed E-state index contributed by atoms with van der Waals surface area (Å²) in [4.78, 5) is 35.5. The minimum absolute atomic E-state index is 0.241. The maximum absolute atomic E-state index is 13.6. The summed E-state index contributed by atoms with van der Waals surface area (Å²) in [6.45, 7) is 7.31. The zero-order valence-corrected chi connectivity index (χ0v) is 21.3. The van der Waals surface area contributed by atoms with Crippen molar-refractivity contribution < 1.29 is 0 Å². The van der Waals surface area contributed by atoms with Crippen LogP contribution in [0.25, 0.3) is 22.3 Å². The molecule has 1 N–H and O–H groups in total. The Kier molecular flexibility index (Phi) is 6.72. The molecule has 0 unspecified atom stereocenters. The van der Waals surface area contributed by atoms with Gasteiger partial charge >= 0.3 is 5.69 Å². The zero-order valence-electron chi connectivity index (χ0n) is 21.3. The van der Waals surface area contributed by atoms with Crippen molar-refractivity contribution in [2.75, 3.05) is 5.32 Å². The second kappa shape index (κ2) is 10.3. The molecule has 0 aliphatic heterocycles. The summed E-state index contributed by atoms with van der Waals surface area (Å²) in [7, 11) is 0. The summed E-state index contributed by atoms with van der Waals surface area (Å²) >= 11 is 0. The lowest BCUT2D eigenvalue weighted by molar-refractivity contribution is 0.494. The Balaban J connectivity index is 1.66. The van der Waals surface area contributed by atoms with Gasteiger partial charge in [0.2, 0.25) is 0 Å². The Morgan fingerprint density at radius 2 is 1.59 bits per heavy atom. The van der Waals surface area contributed by atoms with E-state index in [1.165, 1.54) is 4.57 Å². The third kappa shape index (κ3) is 4.82. The average Bonchev–Trinajstić information content (AvgIpc) is 3.26. The molecule has 3 heterocycles. The molecule has 0 atom stereocenters. The Morgan fingerprint density at radius 1 is 0.892 bits per heavy atom. The lowest BCUT2D eigenvalue weighted by atomic mass is 10.1. The van der Waals surface area contributed by atoms with Crippen molar-refractivity contribution in [2.24, 2.45) is 5.92 Å². The van der Waals surface area contributed by atoms with Crippen LogP contribution in [0.15, 0.2) is 88.8 Å². The van der Waals surface area contributed by atoms with Crippen LogP contribution in [-0.4, -0.2) is 23.7 Å². The Morgan fingerprint density at radius 3 is 2.24 bits per heavy atom. The molecule has 0 fully saturated rings. The predicted molar refractivity (Wildman–Crippen MR) is 147 cm³/mol. The third-order valence-electron chi connectivity index (χ3n) is 6.30. The van der Waals surface area contributed by atoms with E-state index in [9.17, 15) is 9.59 Å². The van der Waals surface area contributed by atoms with Crippen LogP contribution in [0, 0.1) is 5.92 Å². The number of hydrogen-bond acceptors (Lipinski definition) is 5. The molecule has 2 aromatic carbocycles. The molecule has 0 saturated heterocycles. The van der Waals surface area contributed by atoms with Crippen LogP contribution in [0.5, 0.6) is 0 Å². The van der Waals surface area contributed by atoms with Gasteiger partial charge in [0.25, 0.3) is 5.56 Å². The Hall–Kier alpha value is -4.46. The lowest BCUT2D eigenvalue weighted by Gasteiger charge is -2.14. The van der Waals surface area contributed by atoms with Crippen LogP contribution >= 0.6 is 0 Å². The highest BCUT2D eigenvalue weighted by Gasteiger charge is 2.21. The molecule has 0 saturated carbocycles.